The number of hydrogen-bond acceptors (Lipinski definition) is 4. The number of ether oxygens (including phenoxy) is 1. The Morgan fingerprint density at radius 3 is 2.25 bits per heavy atom. The highest BCUT2D eigenvalue weighted by Crippen LogP contribution is 2.10. The van der Waals surface area contributed by atoms with Gasteiger partial charge in [0.05, 0.1) is 13.2 Å². The van der Waals surface area contributed by atoms with Crippen molar-refractivity contribution in [2.45, 2.75) is 13.0 Å². The minimum Gasteiger partial charge on any atom is -0.497 e. The molecule has 0 heterocycles. The fraction of sp³-hybridized carbons (Fsp3) is 0.385. The Kier molecular flexibility index (Phi) is 8.35. The van der Waals surface area contributed by atoms with Gasteiger partial charge in [0, 0.05) is 18.7 Å². The summed E-state index contributed by atoms with van der Waals surface area (Å²) in [5, 5.41) is 5.30. The van der Waals surface area contributed by atoms with Crippen LogP contribution >= 0.6 is 12.4 Å². The normalized spacial score (nSPS) is 10.9. The van der Waals surface area contributed by atoms with E-state index in [1.54, 1.807) is 38.3 Å². The number of nitrogens with two attached hydrogens (primary N) is 1. The van der Waals surface area contributed by atoms with Crippen molar-refractivity contribution >= 4 is 24.2 Å². The lowest BCUT2D eigenvalue weighted by Crippen LogP contribution is -2.42. The molecule has 0 radical (unpaired) electrons. The predicted molar refractivity (Wildman–Crippen MR) is 79.2 cm³/mol. The van der Waals surface area contributed by atoms with Gasteiger partial charge in [0.1, 0.15) is 5.75 Å². The summed E-state index contributed by atoms with van der Waals surface area (Å²) < 4.78 is 5.01. The quantitative estimate of drug-likeness (QED) is 0.659. The third-order valence-electron chi connectivity index (χ3n) is 2.48. The van der Waals surface area contributed by atoms with Crippen LogP contribution in [-0.4, -0.2) is 38.1 Å². The molecule has 0 saturated heterocycles. The molecule has 2 amide bonds. The van der Waals surface area contributed by atoms with Gasteiger partial charge in [0.2, 0.25) is 5.91 Å². The average Bonchev–Trinajstić information content (AvgIpc) is 2.43. The van der Waals surface area contributed by atoms with Crippen molar-refractivity contribution in [2.24, 2.45) is 5.73 Å². The van der Waals surface area contributed by atoms with Gasteiger partial charge in [-0.1, -0.05) is 0 Å². The number of halogens is 1. The molecule has 1 aromatic carbocycles. The first-order valence-corrected chi connectivity index (χ1v) is 6.00. The first-order valence-electron chi connectivity index (χ1n) is 6.00. The predicted octanol–water partition coefficient (Wildman–Crippen LogP) is 0.310. The monoisotopic (exact) mass is 301 g/mol. The summed E-state index contributed by atoms with van der Waals surface area (Å²) in [6.07, 6.45) is 0. The van der Waals surface area contributed by atoms with Crippen LogP contribution in [0.3, 0.4) is 0 Å². The molecular weight excluding hydrogens is 282 g/mol. The molecule has 0 unspecified atom stereocenters. The molecule has 1 rings (SSSR count). The summed E-state index contributed by atoms with van der Waals surface area (Å²) in [7, 11) is 1.57. The number of carbonyl (C=O) groups excluding carboxylic acids is 2. The van der Waals surface area contributed by atoms with E-state index in [0.717, 1.165) is 0 Å². The maximum Gasteiger partial charge on any atom is 0.251 e. The van der Waals surface area contributed by atoms with Gasteiger partial charge in [-0.15, -0.1) is 12.4 Å². The van der Waals surface area contributed by atoms with Gasteiger partial charge in [-0.25, -0.2) is 0 Å². The molecule has 1 aromatic rings. The number of nitrogens with one attached hydrogen (secondary N) is 2. The van der Waals surface area contributed by atoms with Crippen LogP contribution in [0.2, 0.25) is 0 Å². The second-order valence-electron chi connectivity index (χ2n) is 4.06. The van der Waals surface area contributed by atoms with E-state index in [1.165, 1.54) is 0 Å². The molecule has 0 aromatic heterocycles. The van der Waals surface area contributed by atoms with Gasteiger partial charge in [0.15, 0.2) is 0 Å². The van der Waals surface area contributed by atoms with Crippen LogP contribution in [0.25, 0.3) is 0 Å². The van der Waals surface area contributed by atoms with Gasteiger partial charge >= 0.3 is 0 Å². The van der Waals surface area contributed by atoms with Crippen molar-refractivity contribution in [1.82, 2.24) is 10.6 Å². The zero-order valence-corrected chi connectivity index (χ0v) is 12.3. The van der Waals surface area contributed by atoms with Crippen molar-refractivity contribution in [3.05, 3.63) is 29.8 Å². The topological polar surface area (TPSA) is 93.5 Å². The lowest BCUT2D eigenvalue weighted by atomic mass is 10.2. The molecule has 0 aliphatic rings. The molecule has 0 bridgehead atoms. The lowest BCUT2D eigenvalue weighted by molar-refractivity contribution is -0.121. The van der Waals surface area contributed by atoms with Gasteiger partial charge in [0.25, 0.3) is 5.91 Å². The Bertz CT molecular complexity index is 435. The van der Waals surface area contributed by atoms with Crippen molar-refractivity contribution < 1.29 is 14.3 Å². The Balaban J connectivity index is 0.00000361. The first kappa shape index (κ1) is 18.2. The van der Waals surface area contributed by atoms with E-state index in [0.29, 0.717) is 24.4 Å². The summed E-state index contributed by atoms with van der Waals surface area (Å²) in [6.45, 7) is 2.30. The van der Waals surface area contributed by atoms with E-state index in [9.17, 15) is 9.59 Å². The molecule has 112 valence electrons. The maximum atomic E-state index is 11.7. The summed E-state index contributed by atoms with van der Waals surface area (Å²) >= 11 is 0. The number of hydrogen-bond donors (Lipinski definition) is 3. The van der Waals surface area contributed by atoms with Crippen LogP contribution in [0.15, 0.2) is 24.3 Å². The van der Waals surface area contributed by atoms with E-state index >= 15 is 0 Å². The molecule has 0 aliphatic heterocycles. The summed E-state index contributed by atoms with van der Waals surface area (Å²) in [5.41, 5.74) is 5.93. The smallest absolute Gasteiger partial charge is 0.251 e. The van der Waals surface area contributed by atoms with Gasteiger partial charge in [-0.3, -0.25) is 9.59 Å². The fourth-order valence-electron chi connectivity index (χ4n) is 1.37. The third-order valence-corrected chi connectivity index (χ3v) is 2.48. The number of methoxy groups -OCH3 is 1. The molecular formula is C13H20ClN3O3. The van der Waals surface area contributed by atoms with Crippen LogP contribution in [0.4, 0.5) is 0 Å². The van der Waals surface area contributed by atoms with E-state index in [2.05, 4.69) is 10.6 Å². The van der Waals surface area contributed by atoms with Crippen molar-refractivity contribution in [3.63, 3.8) is 0 Å². The van der Waals surface area contributed by atoms with Crippen LogP contribution < -0.4 is 21.1 Å². The zero-order chi connectivity index (χ0) is 14.3. The molecule has 20 heavy (non-hydrogen) atoms. The van der Waals surface area contributed by atoms with Crippen LogP contribution in [-0.2, 0) is 4.79 Å². The van der Waals surface area contributed by atoms with Crippen LogP contribution in [0.1, 0.15) is 17.3 Å². The summed E-state index contributed by atoms with van der Waals surface area (Å²) in [4.78, 5) is 22.9. The Labute approximate surface area is 124 Å². The number of benzene rings is 1. The number of carbonyl (C=O) groups is 2. The maximum absolute atomic E-state index is 11.7. The van der Waals surface area contributed by atoms with Gasteiger partial charge in [-0.2, -0.15) is 0 Å². The highest BCUT2D eigenvalue weighted by Gasteiger charge is 2.07. The second-order valence-corrected chi connectivity index (χ2v) is 4.06. The standard InChI is InChI=1S/C13H19N3O3.ClH/c1-9(14)12(17)15-7-8-16-13(18)10-3-5-11(19-2)6-4-10;/h3-6,9H,7-8,14H2,1-2H3,(H,15,17)(H,16,18);1H/t9-;/m0./s1. The van der Waals surface area contributed by atoms with E-state index in [-0.39, 0.29) is 24.2 Å². The van der Waals surface area contributed by atoms with E-state index in [4.69, 9.17) is 10.5 Å². The van der Waals surface area contributed by atoms with Crippen LogP contribution in [0.5, 0.6) is 5.75 Å². The fourth-order valence-corrected chi connectivity index (χ4v) is 1.37. The largest absolute Gasteiger partial charge is 0.497 e. The minimum atomic E-state index is -0.544. The van der Waals surface area contributed by atoms with E-state index in [1.807, 2.05) is 0 Å². The zero-order valence-electron chi connectivity index (χ0n) is 11.5. The molecule has 0 spiro atoms. The molecule has 6 nitrogen and oxygen atoms in total. The molecule has 7 heteroatoms. The van der Waals surface area contributed by atoms with Crippen molar-refractivity contribution in [2.75, 3.05) is 20.2 Å². The highest BCUT2D eigenvalue weighted by molar-refractivity contribution is 5.94. The molecule has 0 fully saturated rings. The number of rotatable bonds is 6. The van der Waals surface area contributed by atoms with E-state index < -0.39 is 6.04 Å². The third kappa shape index (κ3) is 5.90. The molecule has 1 atom stereocenters. The second kappa shape index (κ2) is 9.17. The first-order chi connectivity index (χ1) is 9.04. The molecule has 0 aliphatic carbocycles. The molecule has 0 saturated carbocycles. The summed E-state index contributed by atoms with van der Waals surface area (Å²) in [6, 6.07) is 6.24. The van der Waals surface area contributed by atoms with Gasteiger partial charge < -0.3 is 21.1 Å². The van der Waals surface area contributed by atoms with Gasteiger partial charge in [-0.05, 0) is 31.2 Å². The average molecular weight is 302 g/mol. The Hall–Kier alpha value is -1.79. The van der Waals surface area contributed by atoms with Crippen molar-refractivity contribution in [3.8, 4) is 5.75 Å². The lowest BCUT2D eigenvalue weighted by Gasteiger charge is -2.09. The minimum absolute atomic E-state index is 0. The Morgan fingerprint density at radius 2 is 1.75 bits per heavy atom. The summed E-state index contributed by atoms with van der Waals surface area (Å²) in [5.74, 6) is 0.261. The SMILES string of the molecule is COc1ccc(C(=O)NCCNC(=O)[C@H](C)N)cc1.Cl. The Morgan fingerprint density at radius 1 is 1.20 bits per heavy atom. The molecule has 4 N–H and O–H groups in total. The number of amides is 2. The highest BCUT2D eigenvalue weighted by atomic mass is 35.5. The van der Waals surface area contributed by atoms with Crippen LogP contribution in [0, 0.1) is 0 Å². The van der Waals surface area contributed by atoms with Crippen molar-refractivity contribution in [1.29, 1.82) is 0 Å².